The van der Waals surface area contributed by atoms with Crippen molar-refractivity contribution in [3.05, 3.63) is 53.9 Å². The third-order valence-electron chi connectivity index (χ3n) is 2.56. The molecule has 0 atom stereocenters. The van der Waals surface area contributed by atoms with Crippen molar-refractivity contribution in [1.82, 2.24) is 10.3 Å². The standard InChI is InChI=1S/C14H16N2/c1-11-3-5-13(6-4-11)14-7-12(8-15-2)9-16-10-14/h3-7,9-10,15H,8H2,1-2H3. The van der Waals surface area contributed by atoms with Gasteiger partial charge >= 0.3 is 0 Å². The van der Waals surface area contributed by atoms with Gasteiger partial charge in [0.15, 0.2) is 0 Å². The van der Waals surface area contributed by atoms with E-state index in [2.05, 4.69) is 47.6 Å². The number of aromatic nitrogens is 1. The predicted octanol–water partition coefficient (Wildman–Crippen LogP) is 2.78. The minimum absolute atomic E-state index is 0.854. The van der Waals surface area contributed by atoms with Crippen LogP contribution in [0.4, 0.5) is 0 Å². The largest absolute Gasteiger partial charge is 0.316 e. The zero-order valence-electron chi connectivity index (χ0n) is 9.70. The fourth-order valence-electron chi connectivity index (χ4n) is 1.69. The highest BCUT2D eigenvalue weighted by molar-refractivity contribution is 5.63. The van der Waals surface area contributed by atoms with E-state index in [1.54, 1.807) is 0 Å². The maximum absolute atomic E-state index is 4.26. The molecule has 0 aliphatic rings. The molecule has 2 nitrogen and oxygen atoms in total. The maximum atomic E-state index is 4.26. The summed E-state index contributed by atoms with van der Waals surface area (Å²) >= 11 is 0. The van der Waals surface area contributed by atoms with Crippen LogP contribution < -0.4 is 5.32 Å². The summed E-state index contributed by atoms with van der Waals surface area (Å²) in [6.07, 6.45) is 3.80. The smallest absolute Gasteiger partial charge is 0.0346 e. The molecule has 0 saturated carbocycles. The van der Waals surface area contributed by atoms with Gasteiger partial charge in [-0.05, 0) is 31.2 Å². The highest BCUT2D eigenvalue weighted by atomic mass is 14.8. The second-order valence-electron chi connectivity index (χ2n) is 3.98. The lowest BCUT2D eigenvalue weighted by Gasteiger charge is -2.04. The lowest BCUT2D eigenvalue weighted by molar-refractivity contribution is 0.813. The van der Waals surface area contributed by atoms with Crippen LogP contribution in [0.1, 0.15) is 11.1 Å². The van der Waals surface area contributed by atoms with Gasteiger partial charge in [-0.3, -0.25) is 4.98 Å². The van der Waals surface area contributed by atoms with Gasteiger partial charge in [-0.2, -0.15) is 0 Å². The number of aryl methyl sites for hydroxylation is 1. The Morgan fingerprint density at radius 3 is 2.50 bits per heavy atom. The first kappa shape index (κ1) is 10.8. The van der Waals surface area contributed by atoms with E-state index in [4.69, 9.17) is 0 Å². The number of nitrogens with zero attached hydrogens (tertiary/aromatic N) is 1. The molecule has 1 N–H and O–H groups in total. The summed E-state index contributed by atoms with van der Waals surface area (Å²) in [4.78, 5) is 4.26. The number of pyridine rings is 1. The van der Waals surface area contributed by atoms with Gasteiger partial charge in [0.05, 0.1) is 0 Å². The molecule has 0 unspecified atom stereocenters. The van der Waals surface area contributed by atoms with Crippen molar-refractivity contribution in [1.29, 1.82) is 0 Å². The lowest BCUT2D eigenvalue weighted by Crippen LogP contribution is -2.05. The Labute approximate surface area is 96.4 Å². The van der Waals surface area contributed by atoms with E-state index in [0.717, 1.165) is 6.54 Å². The van der Waals surface area contributed by atoms with Gasteiger partial charge in [0.2, 0.25) is 0 Å². The Bertz CT molecular complexity index is 460. The number of nitrogens with one attached hydrogen (secondary N) is 1. The molecule has 2 aromatic rings. The summed E-state index contributed by atoms with van der Waals surface area (Å²) < 4.78 is 0. The molecule has 0 spiro atoms. The average Bonchev–Trinajstić information content (AvgIpc) is 2.31. The van der Waals surface area contributed by atoms with Crippen LogP contribution in [0, 0.1) is 6.92 Å². The van der Waals surface area contributed by atoms with Crippen LogP contribution in [0.15, 0.2) is 42.7 Å². The summed E-state index contributed by atoms with van der Waals surface area (Å²) in [7, 11) is 1.94. The zero-order chi connectivity index (χ0) is 11.4. The summed E-state index contributed by atoms with van der Waals surface area (Å²) in [5.74, 6) is 0. The fraction of sp³-hybridized carbons (Fsp3) is 0.214. The Morgan fingerprint density at radius 2 is 1.81 bits per heavy atom. The number of hydrogen-bond donors (Lipinski definition) is 1. The van der Waals surface area contributed by atoms with Gasteiger partial charge in [0.1, 0.15) is 0 Å². The first-order valence-electron chi connectivity index (χ1n) is 5.45. The molecule has 0 aliphatic carbocycles. The minimum atomic E-state index is 0.854. The van der Waals surface area contributed by atoms with Crippen LogP contribution in [0.5, 0.6) is 0 Å². The normalized spacial score (nSPS) is 10.4. The Kier molecular flexibility index (Phi) is 3.32. The Hall–Kier alpha value is -1.67. The first-order chi connectivity index (χ1) is 7.79. The van der Waals surface area contributed by atoms with Crippen molar-refractivity contribution in [2.24, 2.45) is 0 Å². The van der Waals surface area contributed by atoms with Gasteiger partial charge < -0.3 is 5.32 Å². The molecule has 1 aromatic carbocycles. The van der Waals surface area contributed by atoms with E-state index in [9.17, 15) is 0 Å². The molecule has 0 bridgehead atoms. The molecule has 1 heterocycles. The third kappa shape index (κ3) is 2.47. The quantitative estimate of drug-likeness (QED) is 0.846. The van der Waals surface area contributed by atoms with Crippen LogP contribution >= 0.6 is 0 Å². The summed E-state index contributed by atoms with van der Waals surface area (Å²) in [5, 5.41) is 3.13. The molecule has 0 fully saturated rings. The summed E-state index contributed by atoms with van der Waals surface area (Å²) in [5.41, 5.74) is 4.88. The Morgan fingerprint density at radius 1 is 1.06 bits per heavy atom. The molecule has 0 aliphatic heterocycles. The van der Waals surface area contributed by atoms with Crippen LogP contribution in [0.2, 0.25) is 0 Å². The minimum Gasteiger partial charge on any atom is -0.316 e. The molecular formula is C14H16N2. The van der Waals surface area contributed by atoms with Gasteiger partial charge in [-0.15, -0.1) is 0 Å². The van der Waals surface area contributed by atoms with Gasteiger partial charge in [-0.1, -0.05) is 29.8 Å². The van der Waals surface area contributed by atoms with Crippen molar-refractivity contribution in [3.63, 3.8) is 0 Å². The highest BCUT2D eigenvalue weighted by Crippen LogP contribution is 2.19. The van der Waals surface area contributed by atoms with E-state index >= 15 is 0 Å². The molecule has 82 valence electrons. The predicted molar refractivity (Wildman–Crippen MR) is 67.2 cm³/mol. The topological polar surface area (TPSA) is 24.9 Å². The molecule has 0 radical (unpaired) electrons. The summed E-state index contributed by atoms with van der Waals surface area (Å²) in [6.45, 7) is 2.95. The summed E-state index contributed by atoms with van der Waals surface area (Å²) in [6, 6.07) is 10.7. The van der Waals surface area contributed by atoms with E-state index in [1.807, 2.05) is 19.4 Å². The maximum Gasteiger partial charge on any atom is 0.0346 e. The zero-order valence-corrected chi connectivity index (χ0v) is 9.70. The van der Waals surface area contributed by atoms with Crippen LogP contribution in [0.25, 0.3) is 11.1 Å². The lowest BCUT2D eigenvalue weighted by atomic mass is 10.0. The van der Waals surface area contributed by atoms with E-state index < -0.39 is 0 Å². The fourth-order valence-corrected chi connectivity index (χ4v) is 1.69. The van der Waals surface area contributed by atoms with E-state index in [0.29, 0.717) is 0 Å². The molecule has 2 rings (SSSR count). The molecule has 2 heteroatoms. The van der Waals surface area contributed by atoms with Crippen LogP contribution in [-0.4, -0.2) is 12.0 Å². The first-order valence-corrected chi connectivity index (χ1v) is 5.45. The average molecular weight is 212 g/mol. The van der Waals surface area contributed by atoms with Crippen molar-refractivity contribution in [2.45, 2.75) is 13.5 Å². The molecule has 16 heavy (non-hydrogen) atoms. The SMILES string of the molecule is CNCc1cncc(-c2ccc(C)cc2)c1. The molecule has 0 amide bonds. The number of benzene rings is 1. The van der Waals surface area contributed by atoms with Crippen molar-refractivity contribution in [3.8, 4) is 11.1 Å². The number of hydrogen-bond acceptors (Lipinski definition) is 2. The van der Waals surface area contributed by atoms with Gasteiger partial charge in [0.25, 0.3) is 0 Å². The van der Waals surface area contributed by atoms with E-state index in [-0.39, 0.29) is 0 Å². The second-order valence-corrected chi connectivity index (χ2v) is 3.98. The van der Waals surface area contributed by atoms with Crippen LogP contribution in [0.3, 0.4) is 0 Å². The van der Waals surface area contributed by atoms with E-state index in [1.165, 1.54) is 22.3 Å². The van der Waals surface area contributed by atoms with Gasteiger partial charge in [-0.25, -0.2) is 0 Å². The number of rotatable bonds is 3. The van der Waals surface area contributed by atoms with Gasteiger partial charge in [0, 0.05) is 24.5 Å². The second kappa shape index (κ2) is 4.90. The molecule has 0 saturated heterocycles. The Balaban J connectivity index is 2.32. The highest BCUT2D eigenvalue weighted by Gasteiger charge is 1.99. The monoisotopic (exact) mass is 212 g/mol. The van der Waals surface area contributed by atoms with Crippen LogP contribution in [-0.2, 0) is 6.54 Å². The van der Waals surface area contributed by atoms with Crippen molar-refractivity contribution >= 4 is 0 Å². The molecule has 1 aromatic heterocycles. The molecular weight excluding hydrogens is 196 g/mol. The van der Waals surface area contributed by atoms with Crippen molar-refractivity contribution < 1.29 is 0 Å². The third-order valence-corrected chi connectivity index (χ3v) is 2.56. The van der Waals surface area contributed by atoms with Crippen molar-refractivity contribution in [2.75, 3.05) is 7.05 Å².